The van der Waals surface area contributed by atoms with Crippen LogP contribution < -0.4 is 5.73 Å². The standard InChI is InChI=1S/C19H12N4O3S.C2H6.CH4O/c20-17-15-16(12-7-3-4-8-13(12)21-17)27-14(22-15)9-26-23-18(24)10-5-1-2-6-11(10)19(23)25;2*1-2/h1-8H,9H2,(H2,20,21);1-2H3;2H,1H3. The summed E-state index contributed by atoms with van der Waals surface area (Å²) >= 11 is 1.41. The van der Waals surface area contributed by atoms with E-state index in [2.05, 4.69) is 9.97 Å². The largest absolute Gasteiger partial charge is 0.400 e. The number of hydrogen-bond acceptors (Lipinski definition) is 8. The molecule has 9 heteroatoms. The fraction of sp³-hybridized carbons (Fsp3) is 0.182. The molecule has 2 aromatic carbocycles. The highest BCUT2D eigenvalue weighted by Gasteiger charge is 2.36. The molecule has 1 aliphatic heterocycles. The summed E-state index contributed by atoms with van der Waals surface area (Å²) in [4.78, 5) is 39.1. The zero-order valence-electron chi connectivity index (χ0n) is 17.3. The quantitative estimate of drug-likeness (QED) is 0.467. The number of fused-ring (bicyclic) bond motifs is 4. The predicted octanol–water partition coefficient (Wildman–Crippen LogP) is 3.79. The van der Waals surface area contributed by atoms with E-state index >= 15 is 0 Å². The number of aromatic nitrogens is 2. The van der Waals surface area contributed by atoms with Crippen molar-refractivity contribution in [3.05, 3.63) is 64.7 Å². The lowest BCUT2D eigenvalue weighted by Crippen LogP contribution is -2.29. The average molecular weight is 439 g/mol. The Balaban J connectivity index is 0.000000645. The van der Waals surface area contributed by atoms with Crippen LogP contribution in [0.5, 0.6) is 0 Å². The van der Waals surface area contributed by atoms with Gasteiger partial charge in [-0.15, -0.1) is 16.4 Å². The van der Waals surface area contributed by atoms with Gasteiger partial charge in [-0.3, -0.25) is 14.4 Å². The van der Waals surface area contributed by atoms with E-state index in [1.54, 1.807) is 24.3 Å². The second-order valence-electron chi connectivity index (χ2n) is 6.02. The second-order valence-corrected chi connectivity index (χ2v) is 7.11. The van der Waals surface area contributed by atoms with Crippen LogP contribution in [-0.2, 0) is 11.4 Å². The van der Waals surface area contributed by atoms with Crippen molar-refractivity contribution in [1.29, 1.82) is 0 Å². The number of benzene rings is 2. The molecule has 0 fully saturated rings. The number of imide groups is 1. The number of thiazole rings is 1. The van der Waals surface area contributed by atoms with Crippen LogP contribution in [0.15, 0.2) is 48.5 Å². The Kier molecular flexibility index (Phi) is 6.91. The van der Waals surface area contributed by atoms with Gasteiger partial charge in [0.15, 0.2) is 5.82 Å². The average Bonchev–Trinajstić information content (AvgIpc) is 3.36. The minimum Gasteiger partial charge on any atom is -0.400 e. The number of rotatable bonds is 3. The third-order valence-electron chi connectivity index (χ3n) is 4.38. The second kappa shape index (κ2) is 9.61. The third kappa shape index (κ3) is 3.98. The number of hydrogen-bond donors (Lipinski definition) is 2. The number of amides is 2. The lowest BCUT2D eigenvalue weighted by molar-refractivity contribution is -0.101. The van der Waals surface area contributed by atoms with Gasteiger partial charge in [-0.1, -0.05) is 44.2 Å². The van der Waals surface area contributed by atoms with Crippen LogP contribution in [0.1, 0.15) is 39.6 Å². The van der Waals surface area contributed by atoms with E-state index in [1.165, 1.54) is 11.3 Å². The number of para-hydroxylation sites is 1. The molecule has 0 aliphatic carbocycles. The summed E-state index contributed by atoms with van der Waals surface area (Å²) < 4.78 is 0.902. The summed E-state index contributed by atoms with van der Waals surface area (Å²) in [5.74, 6) is -0.599. The zero-order chi connectivity index (χ0) is 22.5. The molecule has 0 saturated carbocycles. The number of aliphatic hydroxyl groups is 1. The Morgan fingerprint density at radius 3 is 2.19 bits per heavy atom. The SMILES string of the molecule is CC.CO.Nc1nc2ccccc2c2sc(CON3C(=O)c4ccccc4C3=O)nc12. The highest BCUT2D eigenvalue weighted by molar-refractivity contribution is 7.19. The van der Waals surface area contributed by atoms with Crippen molar-refractivity contribution in [2.75, 3.05) is 12.8 Å². The molecule has 0 atom stereocenters. The first-order chi connectivity index (χ1) is 15.1. The normalized spacial score (nSPS) is 12.3. The number of carbonyl (C=O) groups is 2. The van der Waals surface area contributed by atoms with Crippen LogP contribution in [0.4, 0.5) is 5.82 Å². The van der Waals surface area contributed by atoms with Gasteiger partial charge in [0, 0.05) is 12.5 Å². The summed E-state index contributed by atoms with van der Waals surface area (Å²) in [5.41, 5.74) is 8.09. The lowest BCUT2D eigenvalue weighted by Gasteiger charge is -2.11. The molecule has 0 unspecified atom stereocenters. The minimum atomic E-state index is -0.469. The molecule has 0 radical (unpaired) electrons. The van der Waals surface area contributed by atoms with E-state index < -0.39 is 11.8 Å². The summed E-state index contributed by atoms with van der Waals surface area (Å²) in [6.45, 7) is 3.98. The molecule has 1 aliphatic rings. The summed E-state index contributed by atoms with van der Waals surface area (Å²) in [6, 6.07) is 14.3. The van der Waals surface area contributed by atoms with Gasteiger partial charge in [-0.2, -0.15) is 0 Å². The predicted molar refractivity (Wildman–Crippen MR) is 121 cm³/mol. The van der Waals surface area contributed by atoms with Crippen LogP contribution in [0.3, 0.4) is 0 Å². The summed E-state index contributed by atoms with van der Waals surface area (Å²) in [6.07, 6.45) is 0. The van der Waals surface area contributed by atoms with E-state index in [4.69, 9.17) is 15.7 Å². The van der Waals surface area contributed by atoms with Crippen molar-refractivity contribution in [2.45, 2.75) is 20.5 Å². The Labute approximate surface area is 182 Å². The Morgan fingerprint density at radius 1 is 0.968 bits per heavy atom. The fourth-order valence-corrected chi connectivity index (χ4v) is 4.15. The fourth-order valence-electron chi connectivity index (χ4n) is 3.13. The van der Waals surface area contributed by atoms with Gasteiger partial charge in [0.2, 0.25) is 0 Å². The number of pyridine rings is 1. The maximum absolute atomic E-state index is 12.4. The first-order valence-corrected chi connectivity index (χ1v) is 10.4. The summed E-state index contributed by atoms with van der Waals surface area (Å²) in [5, 5.41) is 9.34. The van der Waals surface area contributed by atoms with Crippen LogP contribution in [0.2, 0.25) is 0 Å². The van der Waals surface area contributed by atoms with Crippen molar-refractivity contribution in [3.63, 3.8) is 0 Å². The van der Waals surface area contributed by atoms with Gasteiger partial charge in [-0.05, 0) is 18.2 Å². The Bertz CT molecular complexity index is 1220. The van der Waals surface area contributed by atoms with Crippen molar-refractivity contribution in [2.24, 2.45) is 0 Å². The van der Waals surface area contributed by atoms with Gasteiger partial charge >= 0.3 is 0 Å². The molecule has 2 amide bonds. The molecular formula is C22H22N4O4S. The van der Waals surface area contributed by atoms with E-state index in [-0.39, 0.29) is 6.61 Å². The van der Waals surface area contributed by atoms with E-state index in [0.29, 0.717) is 27.5 Å². The maximum atomic E-state index is 12.4. The zero-order valence-corrected chi connectivity index (χ0v) is 18.1. The van der Waals surface area contributed by atoms with Crippen LogP contribution in [0, 0.1) is 0 Å². The molecule has 3 heterocycles. The molecule has 160 valence electrons. The van der Waals surface area contributed by atoms with E-state index in [9.17, 15) is 9.59 Å². The maximum Gasteiger partial charge on any atom is 0.285 e. The molecule has 0 saturated heterocycles. The van der Waals surface area contributed by atoms with Crippen LogP contribution in [0.25, 0.3) is 21.1 Å². The van der Waals surface area contributed by atoms with Crippen molar-refractivity contribution < 1.29 is 19.5 Å². The van der Waals surface area contributed by atoms with Gasteiger partial charge in [0.05, 0.1) is 21.3 Å². The topological polar surface area (TPSA) is 119 Å². The van der Waals surface area contributed by atoms with Crippen molar-refractivity contribution in [3.8, 4) is 0 Å². The smallest absolute Gasteiger partial charge is 0.285 e. The number of nitrogens with zero attached hydrogens (tertiary/aromatic N) is 3. The van der Waals surface area contributed by atoms with Gasteiger partial charge in [0.1, 0.15) is 17.1 Å². The van der Waals surface area contributed by atoms with Gasteiger partial charge in [-0.25, -0.2) is 9.97 Å². The molecular weight excluding hydrogens is 416 g/mol. The molecule has 31 heavy (non-hydrogen) atoms. The molecule has 4 aromatic rings. The van der Waals surface area contributed by atoms with Gasteiger partial charge < -0.3 is 10.8 Å². The number of nitrogen functional groups attached to an aromatic ring is 1. The number of aliphatic hydroxyl groups excluding tert-OH is 1. The highest BCUT2D eigenvalue weighted by atomic mass is 32.1. The molecule has 0 spiro atoms. The highest BCUT2D eigenvalue weighted by Crippen LogP contribution is 2.33. The Morgan fingerprint density at radius 2 is 1.55 bits per heavy atom. The summed E-state index contributed by atoms with van der Waals surface area (Å²) in [7, 11) is 1.00. The lowest BCUT2D eigenvalue weighted by atomic mass is 10.1. The van der Waals surface area contributed by atoms with E-state index in [0.717, 1.165) is 27.8 Å². The Hall–Kier alpha value is -3.40. The molecule has 0 bridgehead atoms. The van der Waals surface area contributed by atoms with Crippen molar-refractivity contribution in [1.82, 2.24) is 15.0 Å². The number of anilines is 1. The third-order valence-corrected chi connectivity index (χ3v) is 5.44. The van der Waals surface area contributed by atoms with E-state index in [1.807, 2.05) is 38.1 Å². The molecule has 3 N–H and O–H groups in total. The number of nitrogens with two attached hydrogens (primary N) is 1. The monoisotopic (exact) mass is 438 g/mol. The number of hydroxylamine groups is 2. The first kappa shape index (κ1) is 22.3. The minimum absolute atomic E-state index is 0.0153. The molecule has 2 aromatic heterocycles. The molecule has 5 rings (SSSR count). The van der Waals surface area contributed by atoms with Crippen LogP contribution in [-0.4, -0.2) is 39.1 Å². The molecule has 8 nitrogen and oxygen atoms in total. The van der Waals surface area contributed by atoms with Crippen molar-refractivity contribution >= 4 is 50.1 Å². The van der Waals surface area contributed by atoms with Crippen LogP contribution >= 0.6 is 11.3 Å². The first-order valence-electron chi connectivity index (χ1n) is 9.62. The van der Waals surface area contributed by atoms with Gasteiger partial charge in [0.25, 0.3) is 11.8 Å². The number of carbonyl (C=O) groups excluding carboxylic acids is 2.